The predicted octanol–water partition coefficient (Wildman–Crippen LogP) is 5.95. The van der Waals surface area contributed by atoms with Crippen molar-refractivity contribution in [2.75, 3.05) is 19.1 Å². The number of methoxy groups -OCH3 is 2. The molecule has 1 fully saturated rings. The lowest BCUT2D eigenvalue weighted by atomic mass is 9.82. The molecule has 6 heteroatoms. The SMILES string of the molecule is COC(=O)C1(C(=O)OC)SC2(c3ccccc3-c3ccccc32)[C@@H](c2ccccc2)N1c1ccccc1. The number of anilines is 1. The zero-order valence-electron chi connectivity index (χ0n) is 20.5. The van der Waals surface area contributed by atoms with Crippen LogP contribution in [-0.2, 0) is 23.8 Å². The highest BCUT2D eigenvalue weighted by Gasteiger charge is 2.72. The van der Waals surface area contributed by atoms with Gasteiger partial charge in [0.15, 0.2) is 0 Å². The molecule has 0 radical (unpaired) electrons. The number of hydrogen-bond donors (Lipinski definition) is 0. The molecule has 1 heterocycles. The first-order valence-corrected chi connectivity index (χ1v) is 12.9. The van der Waals surface area contributed by atoms with Gasteiger partial charge in [-0.15, -0.1) is 0 Å². The van der Waals surface area contributed by atoms with Gasteiger partial charge in [0, 0.05) is 5.69 Å². The van der Waals surface area contributed by atoms with Crippen LogP contribution in [0.4, 0.5) is 5.69 Å². The third kappa shape index (κ3) is 3.12. The molecular formula is C31H25NO4S. The molecule has 1 atom stereocenters. The van der Waals surface area contributed by atoms with Crippen molar-refractivity contribution in [3.8, 4) is 11.1 Å². The first-order valence-electron chi connectivity index (χ1n) is 12.1. The summed E-state index contributed by atoms with van der Waals surface area (Å²) < 4.78 is 9.93. The summed E-state index contributed by atoms with van der Waals surface area (Å²) in [6.07, 6.45) is 0. The van der Waals surface area contributed by atoms with Crippen molar-refractivity contribution in [1.29, 1.82) is 0 Å². The normalized spacial score (nSPS) is 18.2. The van der Waals surface area contributed by atoms with E-state index >= 15 is 0 Å². The van der Waals surface area contributed by atoms with E-state index in [1.165, 1.54) is 26.0 Å². The molecule has 1 saturated heterocycles. The monoisotopic (exact) mass is 507 g/mol. The largest absolute Gasteiger partial charge is 0.466 e. The highest BCUT2D eigenvalue weighted by molar-refractivity contribution is 8.03. The van der Waals surface area contributed by atoms with E-state index in [0.29, 0.717) is 0 Å². The van der Waals surface area contributed by atoms with Crippen LogP contribution in [-0.4, -0.2) is 31.0 Å². The molecule has 0 N–H and O–H groups in total. The zero-order valence-corrected chi connectivity index (χ0v) is 21.3. The molecule has 5 nitrogen and oxygen atoms in total. The van der Waals surface area contributed by atoms with Crippen molar-refractivity contribution in [1.82, 2.24) is 0 Å². The number of carbonyl (C=O) groups is 2. The number of thioether (sulfide) groups is 1. The van der Waals surface area contributed by atoms with Crippen molar-refractivity contribution < 1.29 is 19.1 Å². The number of hydrogen-bond acceptors (Lipinski definition) is 6. The van der Waals surface area contributed by atoms with Crippen molar-refractivity contribution in [2.24, 2.45) is 0 Å². The molecule has 1 aliphatic carbocycles. The minimum Gasteiger partial charge on any atom is -0.466 e. The summed E-state index contributed by atoms with van der Waals surface area (Å²) in [5, 5.41) is 0. The Bertz CT molecular complexity index is 1430. The fourth-order valence-corrected chi connectivity index (χ4v) is 7.95. The maximum Gasteiger partial charge on any atom is 0.354 e. The van der Waals surface area contributed by atoms with Gasteiger partial charge in [-0.1, -0.05) is 109 Å². The van der Waals surface area contributed by atoms with Crippen LogP contribution in [0.3, 0.4) is 0 Å². The van der Waals surface area contributed by atoms with Gasteiger partial charge in [0.05, 0.1) is 25.0 Å². The van der Waals surface area contributed by atoms with E-state index < -0.39 is 27.6 Å². The Morgan fingerprint density at radius 2 is 1.14 bits per heavy atom. The maximum atomic E-state index is 13.9. The van der Waals surface area contributed by atoms with E-state index in [4.69, 9.17) is 9.47 Å². The summed E-state index contributed by atoms with van der Waals surface area (Å²) in [5.74, 6) is -1.35. The van der Waals surface area contributed by atoms with Gasteiger partial charge in [-0.2, -0.15) is 0 Å². The number of ether oxygens (including phenoxy) is 2. The highest BCUT2D eigenvalue weighted by atomic mass is 32.2. The van der Waals surface area contributed by atoms with Crippen LogP contribution < -0.4 is 4.90 Å². The summed E-state index contributed by atoms with van der Waals surface area (Å²) in [5.41, 5.74) is 5.96. The van der Waals surface area contributed by atoms with E-state index in [-0.39, 0.29) is 0 Å². The maximum absolute atomic E-state index is 13.9. The molecule has 1 aliphatic heterocycles. The standard InChI is InChI=1S/C31H25NO4S/c1-35-28(33)31(29(34)36-2)32(22-15-7-4-8-16-22)27(21-13-5-3-6-14-21)30(37-31)25-19-11-9-17-23(25)24-18-10-12-20-26(24)30/h3-20,27H,1-2H3/t27-/m1/s1. The Labute approximate surface area is 220 Å². The quantitative estimate of drug-likeness (QED) is 0.251. The smallest absolute Gasteiger partial charge is 0.354 e. The van der Waals surface area contributed by atoms with Gasteiger partial charge in [0.25, 0.3) is 4.87 Å². The van der Waals surface area contributed by atoms with Crippen LogP contribution in [0, 0.1) is 0 Å². The van der Waals surface area contributed by atoms with Gasteiger partial charge in [-0.3, -0.25) is 0 Å². The number of para-hydroxylation sites is 1. The molecule has 0 amide bonds. The van der Waals surface area contributed by atoms with Crippen molar-refractivity contribution in [3.63, 3.8) is 0 Å². The molecule has 0 saturated carbocycles. The van der Waals surface area contributed by atoms with Crippen LogP contribution in [0.15, 0.2) is 109 Å². The number of rotatable bonds is 4. The lowest BCUT2D eigenvalue weighted by Crippen LogP contribution is -2.56. The topological polar surface area (TPSA) is 55.8 Å². The average molecular weight is 508 g/mol. The van der Waals surface area contributed by atoms with Crippen LogP contribution in [0.25, 0.3) is 11.1 Å². The van der Waals surface area contributed by atoms with E-state index in [1.54, 1.807) is 0 Å². The van der Waals surface area contributed by atoms with Crippen LogP contribution in [0.2, 0.25) is 0 Å². The van der Waals surface area contributed by atoms with E-state index in [1.807, 2.05) is 77.7 Å². The fraction of sp³-hybridized carbons (Fsp3) is 0.161. The number of nitrogens with zero attached hydrogens (tertiary/aromatic N) is 1. The van der Waals surface area contributed by atoms with Crippen molar-refractivity contribution in [2.45, 2.75) is 15.7 Å². The van der Waals surface area contributed by atoms with E-state index in [2.05, 4.69) is 36.4 Å². The Morgan fingerprint density at radius 1 is 0.676 bits per heavy atom. The number of benzene rings is 4. The number of fused-ring (bicyclic) bond motifs is 5. The number of esters is 2. The van der Waals surface area contributed by atoms with E-state index in [9.17, 15) is 9.59 Å². The zero-order chi connectivity index (χ0) is 25.6. The molecule has 4 aromatic rings. The van der Waals surface area contributed by atoms with Crippen molar-refractivity contribution >= 4 is 29.4 Å². The fourth-order valence-electron chi connectivity index (χ4n) is 5.91. The van der Waals surface area contributed by atoms with Crippen molar-refractivity contribution in [3.05, 3.63) is 126 Å². The van der Waals surface area contributed by atoms with E-state index in [0.717, 1.165) is 33.5 Å². The molecule has 0 bridgehead atoms. The summed E-state index contributed by atoms with van der Waals surface area (Å²) in [7, 11) is 2.63. The minimum absolute atomic E-state index is 0.441. The first-order chi connectivity index (χ1) is 18.1. The summed E-state index contributed by atoms with van der Waals surface area (Å²) >= 11 is 1.30. The van der Waals surface area contributed by atoms with Crippen LogP contribution in [0.5, 0.6) is 0 Å². The van der Waals surface area contributed by atoms with Gasteiger partial charge in [0.1, 0.15) is 0 Å². The molecule has 1 spiro atoms. The van der Waals surface area contributed by atoms with Gasteiger partial charge < -0.3 is 14.4 Å². The number of carbonyl (C=O) groups excluding carboxylic acids is 2. The summed E-state index contributed by atoms with van der Waals surface area (Å²) in [6, 6.07) is 35.7. The lowest BCUT2D eigenvalue weighted by molar-refractivity contribution is -0.155. The molecule has 37 heavy (non-hydrogen) atoms. The van der Waals surface area contributed by atoms with Crippen LogP contribution >= 0.6 is 11.8 Å². The Hall–Kier alpha value is -4.03. The summed E-state index contributed by atoms with van der Waals surface area (Å²) in [4.78, 5) is 27.9. The Kier molecular flexibility index (Phi) is 5.57. The summed E-state index contributed by atoms with van der Waals surface area (Å²) in [6.45, 7) is 0. The highest BCUT2D eigenvalue weighted by Crippen LogP contribution is 2.71. The molecule has 2 aliphatic rings. The second-order valence-electron chi connectivity index (χ2n) is 9.07. The Morgan fingerprint density at radius 3 is 1.65 bits per heavy atom. The Balaban J connectivity index is 1.78. The molecule has 184 valence electrons. The molecule has 0 unspecified atom stereocenters. The first kappa shape index (κ1) is 23.4. The van der Waals surface area contributed by atoms with Gasteiger partial charge in [-0.05, 0) is 39.9 Å². The third-order valence-electron chi connectivity index (χ3n) is 7.31. The van der Waals surface area contributed by atoms with Gasteiger partial charge in [-0.25, -0.2) is 9.59 Å². The average Bonchev–Trinajstić information content (AvgIpc) is 3.45. The lowest BCUT2D eigenvalue weighted by Gasteiger charge is -2.39. The second kappa shape index (κ2) is 8.82. The van der Waals surface area contributed by atoms with Crippen LogP contribution in [0.1, 0.15) is 22.7 Å². The third-order valence-corrected chi connectivity index (χ3v) is 9.12. The molecule has 0 aromatic heterocycles. The second-order valence-corrected chi connectivity index (χ2v) is 10.5. The molecule has 6 rings (SSSR count). The molecular weight excluding hydrogens is 482 g/mol. The minimum atomic E-state index is -1.80. The van der Waals surface area contributed by atoms with Gasteiger partial charge in [0.2, 0.25) is 0 Å². The van der Waals surface area contributed by atoms with Gasteiger partial charge >= 0.3 is 11.9 Å². The predicted molar refractivity (Wildman–Crippen MR) is 145 cm³/mol. The molecule has 4 aromatic carbocycles.